The van der Waals surface area contributed by atoms with Crippen LogP contribution >= 0.6 is 0 Å². The lowest BCUT2D eigenvalue weighted by Gasteiger charge is -2.03. The van der Waals surface area contributed by atoms with Crippen LogP contribution in [0.1, 0.15) is 129 Å². The Kier molecular flexibility index (Phi) is 31.3. The van der Waals surface area contributed by atoms with Crippen molar-refractivity contribution in [1.29, 1.82) is 0 Å². The molecule has 0 aromatic heterocycles. The molecule has 0 heterocycles. The molecule has 0 atom stereocenters. The van der Waals surface area contributed by atoms with Crippen molar-refractivity contribution in [2.75, 3.05) is 0 Å². The molecule has 0 aliphatic carbocycles. The summed E-state index contributed by atoms with van der Waals surface area (Å²) >= 11 is 0. The minimum Gasteiger partial charge on any atom is -0.101 e. The molecule has 0 radical (unpaired) electrons. The Hall–Kier alpha value is -3.32. The SMILES string of the molecule is C.C.C.CC.CC#Cc1cc(C)c(C#CC)cc1C.CC#Cc1cc(C)c(C#CC)cc1C.CCC. The van der Waals surface area contributed by atoms with Crippen molar-refractivity contribution < 1.29 is 0 Å². The van der Waals surface area contributed by atoms with E-state index in [1.165, 1.54) is 28.7 Å². The fraction of sp³-hybridized carbons (Fsp3) is 0.444. The van der Waals surface area contributed by atoms with E-state index in [2.05, 4.69) is 113 Å². The summed E-state index contributed by atoms with van der Waals surface area (Å²) in [7, 11) is 0. The van der Waals surface area contributed by atoms with Crippen LogP contribution in [0.3, 0.4) is 0 Å². The standard InChI is InChI=1S/2C14H14.C3H8.C2H6.3CH4/c2*1-5-7-13-9-12(4)14(8-6-2)10-11(13)3;1-3-2;1-2;;;/h2*9-10H,1-4H3;3H2,1-2H3;1-2H3;3*1H4. The van der Waals surface area contributed by atoms with Gasteiger partial charge in [-0.1, -0.05) is 80.1 Å². The Morgan fingerprint density at radius 3 is 0.694 bits per heavy atom. The van der Waals surface area contributed by atoms with Crippen molar-refractivity contribution in [3.63, 3.8) is 0 Å². The van der Waals surface area contributed by atoms with Crippen LogP contribution in [0, 0.1) is 75.1 Å². The number of benzene rings is 2. The Balaban J connectivity index is -0.000000141. The van der Waals surface area contributed by atoms with E-state index in [9.17, 15) is 0 Å². The highest BCUT2D eigenvalue weighted by molar-refractivity contribution is 5.52. The molecule has 0 nitrogen and oxygen atoms in total. The van der Waals surface area contributed by atoms with Gasteiger partial charge in [0.1, 0.15) is 0 Å². The summed E-state index contributed by atoms with van der Waals surface area (Å²) in [6.45, 7) is 24.0. The van der Waals surface area contributed by atoms with Crippen molar-refractivity contribution >= 4 is 0 Å². The highest BCUT2D eigenvalue weighted by atomic mass is 14.0. The van der Waals surface area contributed by atoms with E-state index in [-0.39, 0.29) is 22.3 Å². The summed E-state index contributed by atoms with van der Waals surface area (Å²) in [5.74, 6) is 24.0. The zero-order valence-electron chi connectivity index (χ0n) is 23.0. The predicted molar refractivity (Wildman–Crippen MR) is 170 cm³/mol. The maximum absolute atomic E-state index is 3.09. The second-order valence-corrected chi connectivity index (χ2v) is 7.17. The van der Waals surface area contributed by atoms with Crippen molar-refractivity contribution in [2.24, 2.45) is 0 Å². The summed E-state index contributed by atoms with van der Waals surface area (Å²) in [6, 6.07) is 8.41. The first-order chi connectivity index (χ1) is 15.8. The van der Waals surface area contributed by atoms with Gasteiger partial charge < -0.3 is 0 Å². The molecule has 2 rings (SSSR count). The van der Waals surface area contributed by atoms with Crippen LogP contribution in [0.15, 0.2) is 24.3 Å². The van der Waals surface area contributed by atoms with Gasteiger partial charge in [0.2, 0.25) is 0 Å². The van der Waals surface area contributed by atoms with Crippen LogP contribution in [-0.4, -0.2) is 0 Å². The molecule has 0 spiro atoms. The van der Waals surface area contributed by atoms with Crippen LogP contribution in [0.25, 0.3) is 0 Å². The Labute approximate surface area is 227 Å². The molecule has 0 saturated heterocycles. The third kappa shape index (κ3) is 16.3. The largest absolute Gasteiger partial charge is 0.101 e. The summed E-state index contributed by atoms with van der Waals surface area (Å²) in [6.07, 6.45) is 1.25. The van der Waals surface area contributed by atoms with Crippen LogP contribution in [0.4, 0.5) is 0 Å². The third-order valence-electron chi connectivity index (χ3n) is 4.18. The molecule has 0 fully saturated rings. The van der Waals surface area contributed by atoms with Gasteiger partial charge in [0.05, 0.1) is 0 Å². The van der Waals surface area contributed by atoms with Crippen molar-refractivity contribution in [3.8, 4) is 47.4 Å². The molecule has 0 bridgehead atoms. The van der Waals surface area contributed by atoms with Crippen molar-refractivity contribution in [2.45, 2.75) is 112 Å². The fourth-order valence-electron chi connectivity index (χ4n) is 2.71. The first-order valence-corrected chi connectivity index (χ1v) is 11.7. The number of rotatable bonds is 0. The normalized spacial score (nSPS) is 7.11. The summed E-state index contributed by atoms with van der Waals surface area (Å²) in [5.41, 5.74) is 9.20. The maximum atomic E-state index is 3.09. The van der Waals surface area contributed by atoms with E-state index in [4.69, 9.17) is 0 Å². The van der Waals surface area contributed by atoms with Crippen LogP contribution in [0.5, 0.6) is 0 Å². The first-order valence-electron chi connectivity index (χ1n) is 11.7. The summed E-state index contributed by atoms with van der Waals surface area (Å²) in [5, 5.41) is 0. The lowest BCUT2D eigenvalue weighted by atomic mass is 10.0. The highest BCUT2D eigenvalue weighted by Gasteiger charge is 2.01. The van der Waals surface area contributed by atoms with E-state index < -0.39 is 0 Å². The molecule has 2 aromatic rings. The molecule has 36 heavy (non-hydrogen) atoms. The average Bonchev–Trinajstić information content (AvgIpc) is 2.78. The molecular weight excluding hydrogens is 432 g/mol. The van der Waals surface area contributed by atoms with Gasteiger partial charge in [-0.2, -0.15) is 0 Å². The molecular formula is C36H54. The molecule has 2 aromatic carbocycles. The van der Waals surface area contributed by atoms with Gasteiger partial charge >= 0.3 is 0 Å². The molecule has 0 amide bonds. The molecule has 198 valence electrons. The van der Waals surface area contributed by atoms with E-state index in [0.29, 0.717) is 0 Å². The van der Waals surface area contributed by atoms with Gasteiger partial charge in [-0.15, -0.1) is 23.7 Å². The van der Waals surface area contributed by atoms with Gasteiger partial charge in [-0.25, -0.2) is 0 Å². The zero-order valence-corrected chi connectivity index (χ0v) is 23.0. The van der Waals surface area contributed by atoms with E-state index >= 15 is 0 Å². The molecule has 0 aliphatic rings. The summed E-state index contributed by atoms with van der Waals surface area (Å²) in [4.78, 5) is 0. The lowest BCUT2D eigenvalue weighted by molar-refractivity contribution is 1.09. The highest BCUT2D eigenvalue weighted by Crippen LogP contribution is 2.15. The Morgan fingerprint density at radius 2 is 0.583 bits per heavy atom. The zero-order chi connectivity index (χ0) is 25.8. The smallest absolute Gasteiger partial charge is 0.0277 e. The lowest BCUT2D eigenvalue weighted by Crippen LogP contribution is -1.89. The van der Waals surface area contributed by atoms with Crippen molar-refractivity contribution in [1.82, 2.24) is 0 Å². The first kappa shape index (κ1) is 42.8. The van der Waals surface area contributed by atoms with Crippen molar-refractivity contribution in [3.05, 3.63) is 68.8 Å². The van der Waals surface area contributed by atoms with Gasteiger partial charge in [0.15, 0.2) is 0 Å². The Bertz CT molecular complexity index is 929. The quantitative estimate of drug-likeness (QED) is 0.325. The average molecular weight is 487 g/mol. The minimum absolute atomic E-state index is 0. The molecule has 0 N–H and O–H groups in total. The fourth-order valence-corrected chi connectivity index (χ4v) is 2.71. The third-order valence-corrected chi connectivity index (χ3v) is 4.18. The molecule has 0 aliphatic heterocycles. The number of hydrogen-bond acceptors (Lipinski definition) is 0. The Morgan fingerprint density at radius 1 is 0.444 bits per heavy atom. The van der Waals surface area contributed by atoms with Gasteiger partial charge in [-0.05, 0) is 102 Å². The van der Waals surface area contributed by atoms with Gasteiger partial charge in [-0.3, -0.25) is 0 Å². The number of aryl methyl sites for hydroxylation is 4. The topological polar surface area (TPSA) is 0 Å². The van der Waals surface area contributed by atoms with Crippen LogP contribution < -0.4 is 0 Å². The minimum atomic E-state index is 0. The second kappa shape index (κ2) is 26.3. The van der Waals surface area contributed by atoms with E-state index in [1.54, 1.807) is 0 Å². The molecule has 0 unspecified atom stereocenters. The molecule has 0 heteroatoms. The molecule has 0 saturated carbocycles. The summed E-state index contributed by atoms with van der Waals surface area (Å²) < 4.78 is 0. The van der Waals surface area contributed by atoms with Crippen LogP contribution in [-0.2, 0) is 0 Å². The van der Waals surface area contributed by atoms with Crippen LogP contribution in [0.2, 0.25) is 0 Å². The maximum Gasteiger partial charge on any atom is 0.0277 e. The second-order valence-electron chi connectivity index (χ2n) is 7.17. The predicted octanol–water partition coefficient (Wildman–Crippen LogP) is 10.4. The van der Waals surface area contributed by atoms with Gasteiger partial charge in [0, 0.05) is 22.3 Å². The van der Waals surface area contributed by atoms with E-state index in [0.717, 1.165) is 22.3 Å². The van der Waals surface area contributed by atoms with Gasteiger partial charge in [0.25, 0.3) is 0 Å². The number of hydrogen-bond donors (Lipinski definition) is 0. The monoisotopic (exact) mass is 486 g/mol. The van der Waals surface area contributed by atoms with E-state index in [1.807, 2.05) is 41.5 Å².